The predicted octanol–water partition coefficient (Wildman–Crippen LogP) is 5.85. The van der Waals surface area contributed by atoms with E-state index in [0.717, 1.165) is 5.56 Å². The van der Waals surface area contributed by atoms with Crippen LogP contribution in [0, 0.1) is 0 Å². The molecular formula is C21H21FO2S. The normalized spacial score (nSPS) is 11.8. The second-order valence-electron chi connectivity index (χ2n) is 7.06. The smallest absolute Gasteiger partial charge is 0.199 e. The monoisotopic (exact) mass is 355 g/mol. The van der Waals surface area contributed by atoms with Crippen molar-refractivity contribution in [3.05, 3.63) is 75.4 Å². The molecule has 0 saturated heterocycles. The molecule has 0 spiro atoms. The molecule has 0 aliphatic heterocycles. The lowest BCUT2D eigenvalue weighted by molar-refractivity contribution is 0.428. The number of fused-ring (bicyclic) bond motifs is 1. The largest absolute Gasteiger partial charge is 0.449 e. The standard InChI is InChI=1S/C21H21FO2S/c1-21(2,3)15-10-8-14(9-11-15)13-25-20-17(12-22)19(23)16-6-4-5-7-18(16)24-20/h4-11H,12-13H2,1-3H3/i22-1. The van der Waals surface area contributed by atoms with Crippen molar-refractivity contribution in [3.8, 4) is 0 Å². The Balaban J connectivity index is 1.87. The summed E-state index contributed by atoms with van der Waals surface area (Å²) in [6, 6.07) is 15.3. The van der Waals surface area contributed by atoms with Gasteiger partial charge in [-0.15, -0.1) is 0 Å². The number of benzene rings is 2. The number of hydrogen-bond acceptors (Lipinski definition) is 3. The molecule has 25 heavy (non-hydrogen) atoms. The van der Waals surface area contributed by atoms with Gasteiger partial charge in [-0.1, -0.05) is 68.9 Å². The Morgan fingerprint density at radius 3 is 2.36 bits per heavy atom. The van der Waals surface area contributed by atoms with Crippen molar-refractivity contribution in [1.29, 1.82) is 0 Å². The quantitative estimate of drug-likeness (QED) is 0.550. The van der Waals surface area contributed by atoms with Crippen LogP contribution in [0.4, 0.5) is 4.39 Å². The molecule has 0 amide bonds. The van der Waals surface area contributed by atoms with Gasteiger partial charge in [0, 0.05) is 5.75 Å². The minimum absolute atomic E-state index is 0.106. The summed E-state index contributed by atoms with van der Waals surface area (Å²) in [6.07, 6.45) is 0. The summed E-state index contributed by atoms with van der Waals surface area (Å²) < 4.78 is 19.2. The molecule has 4 heteroatoms. The second-order valence-corrected chi connectivity index (χ2v) is 8.01. The molecule has 0 atom stereocenters. The van der Waals surface area contributed by atoms with Gasteiger partial charge in [0.2, 0.25) is 0 Å². The van der Waals surface area contributed by atoms with Crippen LogP contribution in [0.2, 0.25) is 0 Å². The first-order valence-corrected chi connectivity index (χ1v) is 9.21. The third-order valence-corrected chi connectivity index (χ3v) is 5.25. The molecule has 0 N–H and O–H groups in total. The topological polar surface area (TPSA) is 30.2 Å². The lowest BCUT2D eigenvalue weighted by atomic mass is 9.87. The maximum absolute atomic E-state index is 13.4. The highest BCUT2D eigenvalue weighted by molar-refractivity contribution is 7.98. The summed E-state index contributed by atoms with van der Waals surface area (Å²) in [6.45, 7) is 5.70. The summed E-state index contributed by atoms with van der Waals surface area (Å²) >= 11 is 1.36. The third kappa shape index (κ3) is 3.79. The van der Waals surface area contributed by atoms with Gasteiger partial charge < -0.3 is 4.42 Å². The third-order valence-electron chi connectivity index (χ3n) is 4.18. The molecule has 0 bridgehead atoms. The number of thioether (sulfide) groups is 1. The van der Waals surface area contributed by atoms with Gasteiger partial charge in [-0.05, 0) is 28.7 Å². The van der Waals surface area contributed by atoms with Crippen LogP contribution in [0.5, 0.6) is 0 Å². The van der Waals surface area contributed by atoms with Gasteiger partial charge in [-0.3, -0.25) is 4.79 Å². The Hall–Kier alpha value is -2.07. The van der Waals surface area contributed by atoms with E-state index < -0.39 is 6.67 Å². The van der Waals surface area contributed by atoms with Crippen molar-refractivity contribution in [2.24, 2.45) is 0 Å². The minimum atomic E-state index is -0.821. The van der Waals surface area contributed by atoms with E-state index in [1.54, 1.807) is 24.3 Å². The summed E-state index contributed by atoms with van der Waals surface area (Å²) in [4.78, 5) is 12.4. The van der Waals surface area contributed by atoms with Crippen LogP contribution < -0.4 is 5.43 Å². The maximum Gasteiger partial charge on any atom is 0.199 e. The van der Waals surface area contributed by atoms with E-state index in [0.29, 0.717) is 21.8 Å². The van der Waals surface area contributed by atoms with Gasteiger partial charge in [0.1, 0.15) is 12.3 Å². The Morgan fingerprint density at radius 1 is 1.04 bits per heavy atom. The SMILES string of the molecule is CC(C)(C)c1ccc(CSc2oc3ccccc3c(=O)c2C[18F])cc1. The van der Waals surface area contributed by atoms with E-state index in [1.807, 2.05) is 0 Å². The van der Waals surface area contributed by atoms with Crippen molar-refractivity contribution in [3.63, 3.8) is 0 Å². The van der Waals surface area contributed by atoms with E-state index >= 15 is 0 Å². The summed E-state index contributed by atoms with van der Waals surface area (Å²) in [5, 5.41) is 0.792. The lowest BCUT2D eigenvalue weighted by Crippen LogP contribution is -2.10. The molecule has 1 aromatic heterocycles. The minimum Gasteiger partial charge on any atom is -0.449 e. The zero-order chi connectivity index (χ0) is 18.0. The highest BCUT2D eigenvalue weighted by atomic mass is 32.2. The number of alkyl halides is 1. The Bertz CT molecular complexity index is 937. The number of para-hydroxylation sites is 1. The van der Waals surface area contributed by atoms with Crippen molar-refractivity contribution >= 4 is 22.7 Å². The molecule has 3 rings (SSSR count). The Labute approximate surface area is 151 Å². The fraction of sp³-hybridized carbons (Fsp3) is 0.286. The number of rotatable bonds is 4. The van der Waals surface area contributed by atoms with Crippen LogP contribution in [0.3, 0.4) is 0 Å². The van der Waals surface area contributed by atoms with Crippen LogP contribution in [-0.4, -0.2) is 0 Å². The molecule has 0 aliphatic carbocycles. The fourth-order valence-electron chi connectivity index (χ4n) is 2.64. The molecule has 0 radical (unpaired) electrons. The molecule has 0 aliphatic rings. The van der Waals surface area contributed by atoms with Crippen molar-refractivity contribution in [1.82, 2.24) is 0 Å². The fourth-order valence-corrected chi connectivity index (χ4v) is 3.60. The van der Waals surface area contributed by atoms with Crippen LogP contribution in [0.15, 0.2) is 62.8 Å². The van der Waals surface area contributed by atoms with Gasteiger partial charge in [0.25, 0.3) is 0 Å². The van der Waals surface area contributed by atoms with E-state index in [9.17, 15) is 9.18 Å². The lowest BCUT2D eigenvalue weighted by Gasteiger charge is -2.19. The predicted molar refractivity (Wildman–Crippen MR) is 102 cm³/mol. The molecule has 2 nitrogen and oxygen atoms in total. The van der Waals surface area contributed by atoms with Crippen LogP contribution in [-0.2, 0) is 17.8 Å². The van der Waals surface area contributed by atoms with Gasteiger partial charge >= 0.3 is 0 Å². The Kier molecular flexibility index (Phi) is 5.00. The number of hydrogen-bond donors (Lipinski definition) is 0. The van der Waals surface area contributed by atoms with Crippen LogP contribution in [0.1, 0.15) is 37.5 Å². The van der Waals surface area contributed by atoms with E-state index in [-0.39, 0.29) is 16.4 Å². The molecule has 130 valence electrons. The molecular weight excluding hydrogens is 334 g/mol. The first-order valence-electron chi connectivity index (χ1n) is 8.23. The van der Waals surface area contributed by atoms with Gasteiger partial charge in [-0.25, -0.2) is 4.39 Å². The summed E-state index contributed by atoms with van der Waals surface area (Å²) in [5.74, 6) is 0.624. The van der Waals surface area contributed by atoms with Crippen molar-refractivity contribution in [2.75, 3.05) is 0 Å². The molecule has 1 heterocycles. The van der Waals surface area contributed by atoms with Gasteiger partial charge in [-0.2, -0.15) is 0 Å². The molecule has 3 aromatic rings. The highest BCUT2D eigenvalue weighted by Gasteiger charge is 2.16. The van der Waals surface area contributed by atoms with Gasteiger partial charge in [0.05, 0.1) is 10.9 Å². The average Bonchev–Trinajstić information content (AvgIpc) is 2.60. The highest BCUT2D eigenvalue weighted by Crippen LogP contribution is 2.29. The zero-order valence-corrected chi connectivity index (χ0v) is 15.5. The summed E-state index contributed by atoms with van der Waals surface area (Å²) in [5.41, 5.74) is 2.81. The van der Waals surface area contributed by atoms with Crippen LogP contribution >= 0.6 is 11.8 Å². The summed E-state index contributed by atoms with van der Waals surface area (Å²) in [7, 11) is 0. The van der Waals surface area contributed by atoms with E-state index in [2.05, 4.69) is 45.0 Å². The second kappa shape index (κ2) is 7.04. The van der Waals surface area contributed by atoms with E-state index in [1.165, 1.54) is 17.3 Å². The van der Waals surface area contributed by atoms with Crippen molar-refractivity contribution < 1.29 is 8.81 Å². The van der Waals surface area contributed by atoms with E-state index in [4.69, 9.17) is 4.42 Å². The zero-order valence-electron chi connectivity index (χ0n) is 14.6. The average molecular weight is 355 g/mol. The van der Waals surface area contributed by atoms with Gasteiger partial charge in [0.15, 0.2) is 10.5 Å². The molecule has 0 fully saturated rings. The number of halogens is 1. The molecule has 0 saturated carbocycles. The Morgan fingerprint density at radius 2 is 1.72 bits per heavy atom. The first-order chi connectivity index (χ1) is 11.9. The maximum atomic E-state index is 13.4. The van der Waals surface area contributed by atoms with Crippen LogP contribution in [0.25, 0.3) is 11.0 Å². The molecule has 2 aromatic carbocycles. The van der Waals surface area contributed by atoms with Crippen molar-refractivity contribution in [2.45, 2.75) is 43.7 Å². The first kappa shape index (κ1) is 17.7. The molecule has 0 unspecified atom stereocenters.